The van der Waals surface area contributed by atoms with Crippen LogP contribution >= 0.6 is 11.8 Å². The summed E-state index contributed by atoms with van der Waals surface area (Å²) < 4.78 is 30.0. The normalized spacial score (nSPS) is 12.4. The smallest absolute Gasteiger partial charge is 0.249 e. The molecule has 1 atom stereocenters. The van der Waals surface area contributed by atoms with Gasteiger partial charge in [-0.15, -0.1) is 16.9 Å². The van der Waals surface area contributed by atoms with Crippen molar-refractivity contribution in [3.8, 4) is 17.1 Å². The van der Waals surface area contributed by atoms with Crippen molar-refractivity contribution in [2.45, 2.75) is 28.4 Å². The molecule has 158 valence electrons. The Morgan fingerprint density at radius 3 is 2.53 bits per heavy atom. The number of amides is 1. The first-order chi connectivity index (χ1) is 14.2. The summed E-state index contributed by atoms with van der Waals surface area (Å²) in [6.07, 6.45) is 1.48. The van der Waals surface area contributed by atoms with Crippen LogP contribution in [0.1, 0.15) is 13.8 Å². The summed E-state index contributed by atoms with van der Waals surface area (Å²) in [6.45, 7) is 3.35. The van der Waals surface area contributed by atoms with Crippen molar-refractivity contribution in [2.24, 2.45) is 0 Å². The minimum Gasteiger partial charge on any atom is -0.497 e. The number of rotatable bonds is 7. The van der Waals surface area contributed by atoms with Crippen molar-refractivity contribution >= 4 is 34.4 Å². The van der Waals surface area contributed by atoms with E-state index in [9.17, 15) is 13.4 Å². The van der Waals surface area contributed by atoms with Gasteiger partial charge in [-0.05, 0) is 56.3 Å². The Morgan fingerprint density at radius 1 is 1.23 bits per heavy atom. The Kier molecular flexibility index (Phi) is 6.57. The lowest BCUT2D eigenvalue weighted by Crippen LogP contribution is -2.34. The van der Waals surface area contributed by atoms with E-state index >= 15 is 0 Å². The molecule has 0 bridgehead atoms. The molecule has 10 heteroatoms. The zero-order valence-corrected chi connectivity index (χ0v) is 18.5. The fraction of sp³-hybridized carbons (Fsp3) is 0.250. The Hall–Kier alpha value is -2.72. The zero-order valence-electron chi connectivity index (χ0n) is 16.9. The minimum absolute atomic E-state index is 0.122. The van der Waals surface area contributed by atoms with Crippen LogP contribution in [0.25, 0.3) is 11.4 Å². The Bertz CT molecular complexity index is 1080. The van der Waals surface area contributed by atoms with Crippen LogP contribution in [0.4, 0.5) is 10.3 Å². The van der Waals surface area contributed by atoms with E-state index in [-0.39, 0.29) is 11.9 Å². The largest absolute Gasteiger partial charge is 0.497 e. The third-order valence-corrected chi connectivity index (χ3v) is 6.39. The van der Waals surface area contributed by atoms with E-state index in [1.807, 2.05) is 12.1 Å². The fourth-order valence-corrected chi connectivity index (χ4v) is 4.03. The van der Waals surface area contributed by atoms with E-state index in [2.05, 4.69) is 20.5 Å². The molecule has 0 saturated carbocycles. The summed E-state index contributed by atoms with van der Waals surface area (Å²) >= 11 is 1.06. The predicted molar refractivity (Wildman–Crippen MR) is 116 cm³/mol. The van der Waals surface area contributed by atoms with Crippen LogP contribution in [0.15, 0.2) is 52.3 Å². The highest BCUT2D eigenvalue weighted by molar-refractivity contribution is 8.01. The quantitative estimate of drug-likeness (QED) is 0.533. The van der Waals surface area contributed by atoms with Crippen LogP contribution in [0, 0.1) is 5.82 Å². The maximum Gasteiger partial charge on any atom is 0.249 e. The van der Waals surface area contributed by atoms with Crippen molar-refractivity contribution < 1.29 is 18.1 Å². The van der Waals surface area contributed by atoms with E-state index in [4.69, 9.17) is 4.74 Å². The third kappa shape index (κ3) is 5.06. The molecule has 7 nitrogen and oxygen atoms in total. The van der Waals surface area contributed by atoms with Gasteiger partial charge in [0, 0.05) is 32.4 Å². The maximum absolute atomic E-state index is 14.4. The van der Waals surface area contributed by atoms with Crippen LogP contribution < -0.4 is 10.1 Å². The van der Waals surface area contributed by atoms with Crippen LogP contribution in [0.5, 0.6) is 5.75 Å². The number of methoxy groups -OCH3 is 1. The summed E-state index contributed by atoms with van der Waals surface area (Å²) in [5.41, 5.74) is 0.785. The van der Waals surface area contributed by atoms with E-state index in [1.54, 1.807) is 39.2 Å². The summed E-state index contributed by atoms with van der Waals surface area (Å²) in [7, 11) is 0.308. The average Bonchev–Trinajstić information content (AvgIpc) is 3.17. The van der Waals surface area contributed by atoms with Gasteiger partial charge in [-0.25, -0.2) is 4.39 Å². The van der Waals surface area contributed by atoms with E-state index < -0.39 is 21.4 Å². The molecule has 0 aliphatic rings. The molecule has 0 aliphatic heterocycles. The standard InChI is InChI=1S/C20H21FN4O3S2/c1-20(2,29-16-10-9-14(30(4)27)11-15(16)21)18(26)23-19-22-17(24-25-19)12-5-7-13(28-3)8-6-12/h5-11H,1-4H3,(H2,22,23,24,25,26). The molecule has 0 fully saturated rings. The molecule has 0 radical (unpaired) electrons. The number of carbonyl (C=O) groups is 1. The highest BCUT2D eigenvalue weighted by Gasteiger charge is 2.31. The molecule has 1 amide bonds. The Balaban J connectivity index is 1.70. The first kappa shape index (κ1) is 22.0. The molecule has 0 saturated heterocycles. The molecule has 2 N–H and O–H groups in total. The number of hydrogen-bond acceptors (Lipinski definition) is 6. The van der Waals surface area contributed by atoms with Gasteiger partial charge in [-0.2, -0.15) is 4.98 Å². The van der Waals surface area contributed by atoms with E-state index in [0.29, 0.717) is 15.6 Å². The number of aromatic nitrogens is 3. The van der Waals surface area contributed by atoms with Crippen molar-refractivity contribution in [1.29, 1.82) is 0 Å². The minimum atomic E-state index is -1.28. The van der Waals surface area contributed by atoms with Gasteiger partial charge in [-0.1, -0.05) is 0 Å². The highest BCUT2D eigenvalue weighted by atomic mass is 32.2. The topological polar surface area (TPSA) is 97.0 Å². The SMILES string of the molecule is COc1ccc(-c2nc(NC(=O)C(C)(C)Sc3ccc(S(C)=O)cc3F)n[nH]2)cc1. The predicted octanol–water partition coefficient (Wildman–Crippen LogP) is 3.87. The van der Waals surface area contributed by atoms with E-state index in [0.717, 1.165) is 23.1 Å². The Labute approximate surface area is 180 Å². The van der Waals surface area contributed by atoms with Gasteiger partial charge in [0.05, 0.1) is 11.9 Å². The number of carbonyl (C=O) groups excluding carboxylic acids is 1. The number of hydrogen-bond donors (Lipinski definition) is 2. The van der Waals surface area contributed by atoms with Gasteiger partial charge in [0.1, 0.15) is 11.6 Å². The summed E-state index contributed by atoms with van der Waals surface area (Å²) in [5.74, 6) is 0.434. The molecular formula is C20H21FN4O3S2. The summed E-state index contributed by atoms with van der Waals surface area (Å²) in [5, 5.41) is 9.46. The lowest BCUT2D eigenvalue weighted by atomic mass is 10.2. The monoisotopic (exact) mass is 448 g/mol. The van der Waals surface area contributed by atoms with Crippen molar-refractivity contribution in [3.63, 3.8) is 0 Å². The van der Waals surface area contributed by atoms with E-state index in [1.165, 1.54) is 18.4 Å². The van der Waals surface area contributed by atoms with Crippen molar-refractivity contribution in [2.75, 3.05) is 18.7 Å². The molecule has 2 aromatic carbocycles. The third-order valence-electron chi connectivity index (χ3n) is 4.22. The lowest BCUT2D eigenvalue weighted by molar-refractivity contribution is -0.117. The number of thioether (sulfide) groups is 1. The van der Waals surface area contributed by atoms with Gasteiger partial charge < -0.3 is 4.74 Å². The van der Waals surface area contributed by atoms with Gasteiger partial charge in [-0.3, -0.25) is 19.4 Å². The molecule has 1 unspecified atom stereocenters. The summed E-state index contributed by atoms with van der Waals surface area (Å²) in [4.78, 5) is 17.7. The molecule has 0 spiro atoms. The van der Waals surface area contributed by atoms with Crippen molar-refractivity contribution in [3.05, 3.63) is 48.3 Å². The van der Waals surface area contributed by atoms with Crippen LogP contribution in [0.2, 0.25) is 0 Å². The van der Waals surface area contributed by atoms with Gasteiger partial charge in [0.2, 0.25) is 11.9 Å². The fourth-order valence-electron chi connectivity index (χ4n) is 2.51. The molecule has 1 heterocycles. The molecular weight excluding hydrogens is 427 g/mol. The molecule has 30 heavy (non-hydrogen) atoms. The van der Waals surface area contributed by atoms with Crippen LogP contribution in [-0.2, 0) is 15.6 Å². The zero-order chi connectivity index (χ0) is 21.9. The summed E-state index contributed by atoms with van der Waals surface area (Å²) in [6, 6.07) is 11.6. The van der Waals surface area contributed by atoms with Gasteiger partial charge in [0.25, 0.3) is 0 Å². The van der Waals surface area contributed by atoms with Crippen LogP contribution in [0.3, 0.4) is 0 Å². The molecule has 0 aliphatic carbocycles. The number of H-pyrrole nitrogens is 1. The van der Waals surface area contributed by atoms with Crippen LogP contribution in [-0.4, -0.2) is 43.4 Å². The number of nitrogens with zero attached hydrogens (tertiary/aromatic N) is 2. The first-order valence-corrected chi connectivity index (χ1v) is 11.3. The number of nitrogens with one attached hydrogen (secondary N) is 2. The molecule has 3 aromatic rings. The highest BCUT2D eigenvalue weighted by Crippen LogP contribution is 2.35. The number of anilines is 1. The van der Waals surface area contributed by atoms with Gasteiger partial charge in [0.15, 0.2) is 5.82 Å². The second kappa shape index (κ2) is 8.97. The molecule has 1 aromatic heterocycles. The lowest BCUT2D eigenvalue weighted by Gasteiger charge is -2.22. The molecule has 3 rings (SSSR count). The average molecular weight is 449 g/mol. The second-order valence-corrected chi connectivity index (χ2v) is 9.89. The maximum atomic E-state index is 14.4. The number of aromatic amines is 1. The van der Waals surface area contributed by atoms with Gasteiger partial charge >= 0.3 is 0 Å². The Morgan fingerprint density at radius 2 is 1.93 bits per heavy atom. The number of halogens is 1. The number of ether oxygens (including phenoxy) is 1. The second-order valence-electron chi connectivity index (χ2n) is 6.85. The first-order valence-electron chi connectivity index (χ1n) is 8.90. The number of benzene rings is 2. The van der Waals surface area contributed by atoms with Crippen molar-refractivity contribution in [1.82, 2.24) is 15.2 Å².